The second-order valence-electron chi connectivity index (χ2n) is 6.54. The summed E-state index contributed by atoms with van der Waals surface area (Å²) < 4.78 is 29.6. The highest BCUT2D eigenvalue weighted by Crippen LogP contribution is 2.18. The fraction of sp³-hybridized carbons (Fsp3) is 0.190. The van der Waals surface area contributed by atoms with Crippen LogP contribution in [0.1, 0.15) is 22.8 Å². The highest BCUT2D eigenvalue weighted by Gasteiger charge is 2.23. The van der Waals surface area contributed by atoms with Crippen LogP contribution in [0.15, 0.2) is 58.1 Å². The van der Waals surface area contributed by atoms with E-state index in [1.54, 1.807) is 31.2 Å². The first-order chi connectivity index (χ1) is 14.3. The van der Waals surface area contributed by atoms with E-state index in [4.69, 9.17) is 5.73 Å². The van der Waals surface area contributed by atoms with E-state index in [9.17, 15) is 23.2 Å². The third-order valence-corrected chi connectivity index (χ3v) is 4.63. The van der Waals surface area contributed by atoms with Crippen LogP contribution in [0.25, 0.3) is 0 Å². The molecule has 0 saturated carbocycles. The number of benzene rings is 2. The van der Waals surface area contributed by atoms with Crippen molar-refractivity contribution >= 4 is 17.3 Å². The third-order valence-electron chi connectivity index (χ3n) is 4.63. The lowest BCUT2D eigenvalue weighted by molar-refractivity contribution is 0.100. The summed E-state index contributed by atoms with van der Waals surface area (Å²) in [5.74, 6) is -2.84. The molecule has 3 rings (SSSR count). The van der Waals surface area contributed by atoms with Crippen molar-refractivity contribution < 1.29 is 13.6 Å². The minimum absolute atomic E-state index is 0.0301. The molecule has 0 spiro atoms. The Balaban J connectivity index is 2.01. The number of nitrogens with one attached hydrogen (secondary N) is 1. The predicted molar refractivity (Wildman–Crippen MR) is 110 cm³/mol. The van der Waals surface area contributed by atoms with E-state index >= 15 is 0 Å². The molecule has 0 aliphatic rings. The molecular formula is C21H20F2N4O3. The number of Topliss-reactive ketones (excluding diaryl/α,β-unsaturated/α-hetero) is 1. The van der Waals surface area contributed by atoms with Gasteiger partial charge < -0.3 is 11.1 Å². The standard InChI is InChI=1S/C21H20F2N4O3/c1-2-26-20(29)17(16(28)11-25-18-14(22)9-6-10-15(18)23)19(24)27(21(26)30)12-13-7-4-3-5-8-13/h3-10,25H,2,11-12,24H2,1H3. The summed E-state index contributed by atoms with van der Waals surface area (Å²) in [4.78, 5) is 38.2. The summed E-state index contributed by atoms with van der Waals surface area (Å²) in [5, 5.41) is 2.36. The Labute approximate surface area is 170 Å². The Kier molecular flexibility index (Phi) is 6.10. The number of carbonyl (C=O) groups excluding carboxylic acids is 1. The van der Waals surface area contributed by atoms with Gasteiger partial charge in [0.15, 0.2) is 5.78 Å². The van der Waals surface area contributed by atoms with Gasteiger partial charge in [0.1, 0.15) is 28.7 Å². The van der Waals surface area contributed by atoms with Crippen LogP contribution in [0, 0.1) is 11.6 Å². The molecule has 0 radical (unpaired) electrons. The van der Waals surface area contributed by atoms with Crippen LogP contribution in [-0.2, 0) is 13.1 Å². The van der Waals surface area contributed by atoms with Gasteiger partial charge in [-0.1, -0.05) is 36.4 Å². The van der Waals surface area contributed by atoms with Gasteiger partial charge in [0.2, 0.25) is 0 Å². The maximum absolute atomic E-state index is 13.8. The van der Waals surface area contributed by atoms with Crippen molar-refractivity contribution in [2.75, 3.05) is 17.6 Å². The summed E-state index contributed by atoms with van der Waals surface area (Å²) in [6.07, 6.45) is 0. The smallest absolute Gasteiger partial charge is 0.332 e. The van der Waals surface area contributed by atoms with Crippen LogP contribution in [-0.4, -0.2) is 21.5 Å². The van der Waals surface area contributed by atoms with E-state index in [0.717, 1.165) is 26.8 Å². The number of nitrogen functional groups attached to an aromatic ring is 1. The van der Waals surface area contributed by atoms with Crippen LogP contribution in [0.4, 0.5) is 20.3 Å². The summed E-state index contributed by atoms with van der Waals surface area (Å²) in [6.45, 7) is 1.10. The molecular weight excluding hydrogens is 394 g/mol. The number of hydrogen-bond donors (Lipinski definition) is 2. The molecule has 0 bridgehead atoms. The van der Waals surface area contributed by atoms with E-state index in [-0.39, 0.29) is 18.9 Å². The number of anilines is 2. The number of nitrogens with two attached hydrogens (primary N) is 1. The maximum atomic E-state index is 13.8. The van der Waals surface area contributed by atoms with Gasteiger partial charge in [-0.15, -0.1) is 0 Å². The normalized spacial score (nSPS) is 10.8. The fourth-order valence-electron chi connectivity index (χ4n) is 3.10. The Morgan fingerprint density at radius 2 is 1.63 bits per heavy atom. The molecule has 0 saturated heterocycles. The maximum Gasteiger partial charge on any atom is 0.332 e. The van der Waals surface area contributed by atoms with Gasteiger partial charge in [-0.05, 0) is 24.6 Å². The Hall–Kier alpha value is -3.75. The molecule has 0 fully saturated rings. The summed E-state index contributed by atoms with van der Waals surface area (Å²) >= 11 is 0. The largest absolute Gasteiger partial charge is 0.384 e. The van der Waals surface area contributed by atoms with Crippen molar-refractivity contribution in [3.63, 3.8) is 0 Å². The minimum atomic E-state index is -0.879. The van der Waals surface area contributed by atoms with Crippen molar-refractivity contribution in [3.8, 4) is 0 Å². The lowest BCUT2D eigenvalue weighted by Gasteiger charge is -2.16. The Morgan fingerprint density at radius 3 is 2.23 bits per heavy atom. The predicted octanol–water partition coefficient (Wildman–Crippen LogP) is 2.23. The van der Waals surface area contributed by atoms with Gasteiger partial charge >= 0.3 is 5.69 Å². The highest BCUT2D eigenvalue weighted by atomic mass is 19.1. The molecule has 0 unspecified atom stereocenters. The fourth-order valence-corrected chi connectivity index (χ4v) is 3.10. The molecule has 0 aliphatic heterocycles. The molecule has 0 atom stereocenters. The third kappa shape index (κ3) is 4.00. The number of aromatic nitrogens is 2. The van der Waals surface area contributed by atoms with Gasteiger partial charge in [-0.3, -0.25) is 18.7 Å². The van der Waals surface area contributed by atoms with Crippen LogP contribution in [0.3, 0.4) is 0 Å². The monoisotopic (exact) mass is 414 g/mol. The minimum Gasteiger partial charge on any atom is -0.384 e. The topological polar surface area (TPSA) is 99.1 Å². The van der Waals surface area contributed by atoms with E-state index < -0.39 is 46.5 Å². The van der Waals surface area contributed by atoms with E-state index in [1.165, 1.54) is 6.07 Å². The van der Waals surface area contributed by atoms with Gasteiger partial charge in [-0.25, -0.2) is 13.6 Å². The molecule has 0 amide bonds. The first-order valence-electron chi connectivity index (χ1n) is 9.23. The van der Waals surface area contributed by atoms with Crippen molar-refractivity contribution in [1.29, 1.82) is 0 Å². The molecule has 9 heteroatoms. The van der Waals surface area contributed by atoms with Gasteiger partial charge in [-0.2, -0.15) is 0 Å². The number of carbonyl (C=O) groups is 1. The molecule has 0 aliphatic carbocycles. The number of para-hydroxylation sites is 1. The molecule has 156 valence electrons. The average Bonchev–Trinajstić information content (AvgIpc) is 2.72. The van der Waals surface area contributed by atoms with Gasteiger partial charge in [0.25, 0.3) is 5.56 Å². The van der Waals surface area contributed by atoms with Crippen molar-refractivity contribution in [1.82, 2.24) is 9.13 Å². The zero-order valence-corrected chi connectivity index (χ0v) is 16.2. The Morgan fingerprint density at radius 1 is 1.00 bits per heavy atom. The number of nitrogens with zero attached hydrogens (tertiary/aromatic N) is 2. The summed E-state index contributed by atoms with van der Waals surface area (Å²) in [6, 6.07) is 12.2. The number of rotatable bonds is 7. The van der Waals surface area contributed by atoms with Gasteiger partial charge in [0, 0.05) is 6.54 Å². The van der Waals surface area contributed by atoms with E-state index in [0.29, 0.717) is 0 Å². The van der Waals surface area contributed by atoms with Crippen LogP contribution < -0.4 is 22.3 Å². The molecule has 1 aromatic heterocycles. The number of halogens is 2. The molecule has 3 N–H and O–H groups in total. The summed E-state index contributed by atoms with van der Waals surface area (Å²) in [7, 11) is 0. The first kappa shape index (κ1) is 21.0. The second kappa shape index (κ2) is 8.73. The highest BCUT2D eigenvalue weighted by molar-refractivity contribution is 6.02. The zero-order chi connectivity index (χ0) is 21.8. The molecule has 30 heavy (non-hydrogen) atoms. The number of hydrogen-bond acceptors (Lipinski definition) is 5. The lowest BCUT2D eigenvalue weighted by Crippen LogP contribution is -2.44. The van der Waals surface area contributed by atoms with Crippen LogP contribution in [0.5, 0.6) is 0 Å². The molecule has 7 nitrogen and oxygen atoms in total. The molecule has 1 heterocycles. The second-order valence-corrected chi connectivity index (χ2v) is 6.54. The van der Waals surface area contributed by atoms with E-state index in [1.807, 2.05) is 6.07 Å². The van der Waals surface area contributed by atoms with Crippen molar-refractivity contribution in [2.24, 2.45) is 0 Å². The molecule has 3 aromatic rings. The van der Waals surface area contributed by atoms with Crippen molar-refractivity contribution in [2.45, 2.75) is 20.0 Å². The van der Waals surface area contributed by atoms with Crippen molar-refractivity contribution in [3.05, 3.63) is 92.1 Å². The first-order valence-corrected chi connectivity index (χ1v) is 9.23. The average molecular weight is 414 g/mol. The zero-order valence-electron chi connectivity index (χ0n) is 16.2. The Bertz CT molecular complexity index is 1180. The quantitative estimate of drug-likeness (QED) is 0.578. The van der Waals surface area contributed by atoms with Crippen LogP contribution >= 0.6 is 0 Å². The van der Waals surface area contributed by atoms with Crippen LogP contribution in [0.2, 0.25) is 0 Å². The van der Waals surface area contributed by atoms with Gasteiger partial charge in [0.05, 0.1) is 13.1 Å². The summed E-state index contributed by atoms with van der Waals surface area (Å²) in [5.41, 5.74) is 4.41. The molecule has 2 aromatic carbocycles. The number of ketones is 1. The lowest BCUT2D eigenvalue weighted by atomic mass is 10.1. The van der Waals surface area contributed by atoms with E-state index in [2.05, 4.69) is 5.32 Å². The SMILES string of the molecule is CCn1c(=O)c(C(=O)CNc2c(F)cccc2F)c(N)n(Cc2ccccc2)c1=O.